The molecule has 1 unspecified atom stereocenters. The first-order valence-corrected chi connectivity index (χ1v) is 30.6. The van der Waals surface area contributed by atoms with Gasteiger partial charge in [-0.15, -0.1) is 22.7 Å². The highest BCUT2D eigenvalue weighted by molar-refractivity contribution is 7.26. The van der Waals surface area contributed by atoms with Crippen molar-refractivity contribution in [2.45, 2.75) is 5.41 Å². The van der Waals surface area contributed by atoms with Crippen LogP contribution in [-0.4, -0.2) is 4.98 Å². The molecule has 0 saturated heterocycles. The van der Waals surface area contributed by atoms with E-state index in [9.17, 15) is 0 Å². The second kappa shape index (κ2) is 19.8. The number of aromatic nitrogens is 1. The lowest BCUT2D eigenvalue weighted by Gasteiger charge is -2.40. The molecule has 0 amide bonds. The number of rotatable bonds is 9. The number of thiophene rings is 2. The summed E-state index contributed by atoms with van der Waals surface area (Å²) in [6, 6.07) is 102. The number of nitrogens with zero attached hydrogens (tertiary/aromatic N) is 3. The SMILES string of the molecule is Clc1ccc(-c2cccc3c2-c2ccc(N(c4ccccc4)c4cc(-c5cccnc5)c5sc6ccccc6c5c4)cc2C32c3ccccc3Oc3ccc(N(c4ccccc4)c4ccc5c(sc6ccccc65)c4-c4ccccc4)cc32)cc1. The topological polar surface area (TPSA) is 28.6 Å². The minimum Gasteiger partial charge on any atom is -0.457 e. The zero-order valence-corrected chi connectivity index (χ0v) is 48.0. The van der Waals surface area contributed by atoms with Crippen molar-refractivity contribution in [3.63, 3.8) is 0 Å². The van der Waals surface area contributed by atoms with Crippen molar-refractivity contribution in [1.29, 1.82) is 0 Å². The molecule has 17 rings (SSSR count). The standard InChI is InChI=1S/C78H48ClN3OS2/c79-52-35-33-49(34-36-52)58-27-16-29-66-75(58)62-39-37-55(81(53-21-6-2-7-22-53)57-44-63(51-20-17-43-80-48-51)76-64(45-57)60-26-11-15-32-73(60)84-76)46-67(62)78(66)65-28-12-13-30-70(65)83-71-42-38-56(47-68(71)78)82(54-23-8-3-9-24-54)69-41-40-61-59-25-10-14-31-72(59)85-77(61)74(69)50-18-4-1-5-19-50/h1-48H. The zero-order chi connectivity index (χ0) is 56.2. The fourth-order valence-corrected chi connectivity index (χ4v) is 16.3. The maximum absolute atomic E-state index is 7.25. The average molecular weight is 1140 g/mol. The second-order valence-corrected chi connectivity index (χ2v) is 24.4. The first-order valence-electron chi connectivity index (χ1n) is 28.6. The number of hydrogen-bond donors (Lipinski definition) is 0. The fourth-order valence-electron chi connectivity index (χ4n) is 13.7. The molecule has 4 heterocycles. The third-order valence-corrected chi connectivity index (χ3v) is 19.9. The molecule has 1 atom stereocenters. The number of pyridine rings is 1. The van der Waals surface area contributed by atoms with E-state index in [-0.39, 0.29) is 0 Å². The molecule has 1 aliphatic heterocycles. The van der Waals surface area contributed by atoms with Gasteiger partial charge in [-0.25, -0.2) is 0 Å². The number of ether oxygens (including phenoxy) is 1. The van der Waals surface area contributed by atoms with Crippen LogP contribution in [0.25, 0.3) is 84.9 Å². The Hall–Kier alpha value is -10.1. The van der Waals surface area contributed by atoms with Gasteiger partial charge >= 0.3 is 0 Å². The van der Waals surface area contributed by atoms with Crippen LogP contribution in [0.15, 0.2) is 291 Å². The van der Waals surface area contributed by atoms with Crippen LogP contribution in [0.2, 0.25) is 5.02 Å². The Bertz CT molecular complexity index is 5120. The molecule has 2 aliphatic rings. The summed E-state index contributed by atoms with van der Waals surface area (Å²) in [4.78, 5) is 9.55. The molecule has 7 heteroatoms. The molecule has 1 spiro atoms. The maximum atomic E-state index is 7.25. The van der Waals surface area contributed by atoms with Crippen LogP contribution in [0.1, 0.15) is 22.3 Å². The van der Waals surface area contributed by atoms with Crippen molar-refractivity contribution in [2.75, 3.05) is 9.80 Å². The Morgan fingerprint density at radius 2 is 0.976 bits per heavy atom. The van der Waals surface area contributed by atoms with E-state index < -0.39 is 5.41 Å². The number of benzene rings is 12. The number of anilines is 6. The van der Waals surface area contributed by atoms with Crippen molar-refractivity contribution < 1.29 is 4.74 Å². The summed E-state index contributed by atoms with van der Waals surface area (Å²) < 4.78 is 12.2. The molecule has 4 nitrogen and oxygen atoms in total. The molecule has 0 bridgehead atoms. The molecule has 15 aromatic rings. The van der Waals surface area contributed by atoms with Crippen LogP contribution in [0.3, 0.4) is 0 Å². The van der Waals surface area contributed by atoms with Gasteiger partial charge in [0.2, 0.25) is 0 Å². The highest BCUT2D eigenvalue weighted by Crippen LogP contribution is 2.65. The quantitative estimate of drug-likeness (QED) is 0.144. The van der Waals surface area contributed by atoms with Crippen LogP contribution in [-0.2, 0) is 5.41 Å². The molecule has 0 fully saturated rings. The summed E-state index contributed by atoms with van der Waals surface area (Å²) in [5.74, 6) is 1.62. The Morgan fingerprint density at radius 1 is 0.353 bits per heavy atom. The van der Waals surface area contributed by atoms with Crippen LogP contribution in [0.5, 0.6) is 11.5 Å². The van der Waals surface area contributed by atoms with Gasteiger partial charge in [-0.2, -0.15) is 0 Å². The van der Waals surface area contributed by atoms with Gasteiger partial charge in [0, 0.05) is 114 Å². The van der Waals surface area contributed by atoms with Crippen LogP contribution >= 0.6 is 34.3 Å². The predicted molar refractivity (Wildman–Crippen MR) is 358 cm³/mol. The highest BCUT2D eigenvalue weighted by atomic mass is 35.5. The Labute approximate surface area is 505 Å². The van der Waals surface area contributed by atoms with Gasteiger partial charge in [0.1, 0.15) is 11.5 Å². The maximum Gasteiger partial charge on any atom is 0.132 e. The van der Waals surface area contributed by atoms with Crippen molar-refractivity contribution in [3.05, 3.63) is 319 Å². The molecular formula is C78H48ClN3OS2. The van der Waals surface area contributed by atoms with Crippen LogP contribution in [0, 0.1) is 0 Å². The highest BCUT2D eigenvalue weighted by Gasteiger charge is 2.52. The molecule has 400 valence electrons. The summed E-state index contributed by atoms with van der Waals surface area (Å²) in [6.45, 7) is 0. The predicted octanol–water partition coefficient (Wildman–Crippen LogP) is 22.9. The van der Waals surface area contributed by atoms with E-state index in [0.29, 0.717) is 5.02 Å². The monoisotopic (exact) mass is 1140 g/mol. The lowest BCUT2D eigenvalue weighted by atomic mass is 9.65. The minimum absolute atomic E-state index is 0.698. The smallest absolute Gasteiger partial charge is 0.132 e. The third-order valence-electron chi connectivity index (χ3n) is 17.2. The summed E-state index contributed by atoms with van der Waals surface area (Å²) in [6.07, 6.45) is 3.84. The molecular weight excluding hydrogens is 1090 g/mol. The van der Waals surface area contributed by atoms with E-state index in [0.717, 1.165) is 95.7 Å². The van der Waals surface area contributed by atoms with Crippen LogP contribution in [0.4, 0.5) is 34.1 Å². The third kappa shape index (κ3) is 7.76. The summed E-state index contributed by atoms with van der Waals surface area (Å²) in [5, 5.41) is 5.65. The van der Waals surface area contributed by atoms with Crippen molar-refractivity contribution in [3.8, 4) is 56.0 Å². The van der Waals surface area contributed by atoms with Gasteiger partial charge < -0.3 is 14.5 Å². The Kier molecular flexibility index (Phi) is 11.5. The summed E-state index contributed by atoms with van der Waals surface area (Å²) >= 11 is 10.4. The number of fused-ring (bicyclic) bond motifs is 15. The molecule has 85 heavy (non-hydrogen) atoms. The fraction of sp³-hybridized carbons (Fsp3) is 0.0128. The van der Waals surface area contributed by atoms with E-state index in [2.05, 4.69) is 276 Å². The van der Waals surface area contributed by atoms with E-state index >= 15 is 0 Å². The van der Waals surface area contributed by atoms with E-state index in [1.807, 2.05) is 53.3 Å². The number of hydrogen-bond acceptors (Lipinski definition) is 6. The van der Waals surface area contributed by atoms with Gasteiger partial charge in [0.05, 0.1) is 11.1 Å². The van der Waals surface area contributed by atoms with E-state index in [4.69, 9.17) is 16.3 Å². The largest absolute Gasteiger partial charge is 0.457 e. The van der Waals surface area contributed by atoms with Crippen molar-refractivity contribution in [1.82, 2.24) is 4.98 Å². The number of halogens is 1. The van der Waals surface area contributed by atoms with Gasteiger partial charge in [-0.05, 0) is 148 Å². The molecule has 0 radical (unpaired) electrons. The van der Waals surface area contributed by atoms with E-state index in [1.165, 1.54) is 57.0 Å². The summed E-state index contributed by atoms with van der Waals surface area (Å²) in [7, 11) is 0. The van der Waals surface area contributed by atoms with Crippen molar-refractivity contribution in [2.24, 2.45) is 0 Å². The molecule has 12 aromatic carbocycles. The average Bonchev–Trinajstić information content (AvgIpc) is 1.78. The van der Waals surface area contributed by atoms with Crippen molar-refractivity contribution >= 4 is 109 Å². The normalized spacial score (nSPS) is 13.8. The summed E-state index contributed by atoms with van der Waals surface area (Å²) in [5.41, 5.74) is 19.0. The molecule has 0 N–H and O–H groups in total. The number of para-hydroxylation sites is 3. The second-order valence-electron chi connectivity index (χ2n) is 21.8. The van der Waals surface area contributed by atoms with E-state index in [1.54, 1.807) is 0 Å². The molecule has 0 saturated carbocycles. The lowest BCUT2D eigenvalue weighted by Crippen LogP contribution is -2.32. The van der Waals surface area contributed by atoms with Crippen LogP contribution < -0.4 is 14.5 Å². The first kappa shape index (κ1) is 49.5. The lowest BCUT2D eigenvalue weighted by molar-refractivity contribution is 0.436. The molecule has 3 aromatic heterocycles. The van der Waals surface area contributed by atoms with Gasteiger partial charge in [0.25, 0.3) is 0 Å². The minimum atomic E-state index is -0.889. The first-order chi connectivity index (χ1) is 42.1. The van der Waals surface area contributed by atoms with Gasteiger partial charge in [0.15, 0.2) is 0 Å². The zero-order valence-electron chi connectivity index (χ0n) is 45.7. The Balaban J connectivity index is 0.958. The van der Waals surface area contributed by atoms with Gasteiger partial charge in [-0.3, -0.25) is 4.98 Å². The molecule has 1 aliphatic carbocycles. The van der Waals surface area contributed by atoms with Gasteiger partial charge in [-0.1, -0.05) is 181 Å². The Morgan fingerprint density at radius 3 is 1.74 bits per heavy atom.